The Balaban J connectivity index is 1.12. The van der Waals surface area contributed by atoms with Crippen LogP contribution in [0.3, 0.4) is 0 Å². The number of amides is 3. The quantitative estimate of drug-likeness (QED) is 0.251. The number of ether oxygens (including phenoxy) is 2. The van der Waals surface area contributed by atoms with Crippen molar-refractivity contribution in [1.82, 2.24) is 24.9 Å². The number of nitrogens with zero attached hydrogens (tertiary/aromatic N) is 3. The first kappa shape index (κ1) is 37.3. The maximum absolute atomic E-state index is 14.7. The molecule has 1 aromatic heterocycles. The molecular formula is C40H46N6O7S2. The summed E-state index contributed by atoms with van der Waals surface area (Å²) in [6.07, 6.45) is 11.5. The smallest absolute Gasteiger partial charge is 0.259 e. The van der Waals surface area contributed by atoms with Crippen LogP contribution in [0.5, 0.6) is 11.6 Å². The zero-order valence-corrected chi connectivity index (χ0v) is 32.4. The fraction of sp³-hybridized carbons (Fsp3) is 0.475. The summed E-state index contributed by atoms with van der Waals surface area (Å²) >= 11 is 1.67. The molecule has 0 spiro atoms. The van der Waals surface area contributed by atoms with Gasteiger partial charge in [-0.1, -0.05) is 49.3 Å². The summed E-state index contributed by atoms with van der Waals surface area (Å²) in [5.41, 5.74) is 1.19. The van der Waals surface area contributed by atoms with Crippen LogP contribution in [0.25, 0.3) is 15.9 Å². The number of sulfonamides is 1. The van der Waals surface area contributed by atoms with Gasteiger partial charge in [-0.05, 0) is 69.2 Å². The van der Waals surface area contributed by atoms with Crippen molar-refractivity contribution in [2.75, 3.05) is 24.7 Å². The molecule has 8 rings (SSSR count). The number of allylic oxidation sites excluding steroid dienone is 2. The topological polar surface area (TPSA) is 169 Å². The second-order valence-electron chi connectivity index (χ2n) is 15.0. The maximum atomic E-state index is 14.7. The molecule has 15 heteroatoms. The first-order valence-corrected chi connectivity index (χ1v) is 21.7. The summed E-state index contributed by atoms with van der Waals surface area (Å²) in [5, 5.41) is 5.79. The van der Waals surface area contributed by atoms with E-state index in [0.717, 1.165) is 48.4 Å². The molecule has 3 fully saturated rings. The van der Waals surface area contributed by atoms with Crippen molar-refractivity contribution in [3.8, 4) is 11.6 Å². The fourth-order valence-electron chi connectivity index (χ4n) is 7.71. The van der Waals surface area contributed by atoms with E-state index in [1.807, 2.05) is 60.7 Å². The molecule has 0 radical (unpaired) electrons. The third-order valence-corrected chi connectivity index (χ3v) is 13.9. The van der Waals surface area contributed by atoms with Gasteiger partial charge in [0.15, 0.2) is 0 Å². The van der Waals surface area contributed by atoms with Crippen molar-refractivity contribution in [2.24, 2.45) is 5.92 Å². The standard InChI is InChI=1S/C40H46N6O7S2/c1-52-27-16-19-30-32(21-27)42-35(34-15-10-20-54-34)37(43-30)53-28-22-33-36(47)44-40(39(49)45-55(50,51)29-17-18-29)23-25(40)11-6-3-2-4-9-14-31(38(48)46(33)24-28)41-26-12-7-5-8-13-26/h5-8,11-13,15-16,19,21,25,28-29,31,33,41H,2-4,9-10,14,17-18,20,22-24H2,1H3,(H,44,47)(H,45,49)/b11-6-/t25-,28-,31+,33+,40-/m1/s1. The Hall–Kier alpha value is -4.63. The Bertz CT molecular complexity index is 2140. The van der Waals surface area contributed by atoms with Crippen molar-refractivity contribution >= 4 is 61.1 Å². The van der Waals surface area contributed by atoms with E-state index in [2.05, 4.69) is 21.4 Å². The van der Waals surface area contributed by atoms with E-state index in [-0.39, 0.29) is 31.2 Å². The summed E-state index contributed by atoms with van der Waals surface area (Å²) in [6.45, 7) is 0.0937. The molecule has 3 N–H and O–H groups in total. The third-order valence-electron chi connectivity index (χ3n) is 11.0. The monoisotopic (exact) mass is 786 g/mol. The Morgan fingerprint density at radius 2 is 1.85 bits per heavy atom. The van der Waals surface area contributed by atoms with Crippen LogP contribution in [0.2, 0.25) is 0 Å². The van der Waals surface area contributed by atoms with E-state index < -0.39 is 50.8 Å². The number of carbonyl (C=O) groups excluding carboxylic acids is 3. The van der Waals surface area contributed by atoms with E-state index in [1.54, 1.807) is 23.8 Å². The number of hydrogen-bond donors (Lipinski definition) is 3. The summed E-state index contributed by atoms with van der Waals surface area (Å²) in [6, 6.07) is 13.3. The van der Waals surface area contributed by atoms with Gasteiger partial charge in [0.2, 0.25) is 27.7 Å². The molecule has 3 aliphatic heterocycles. The maximum Gasteiger partial charge on any atom is 0.259 e. The Kier molecular flexibility index (Phi) is 10.5. The number of nitrogens with one attached hydrogen (secondary N) is 3. The first-order chi connectivity index (χ1) is 26.6. The van der Waals surface area contributed by atoms with Crippen LogP contribution in [0.15, 0.2) is 66.8 Å². The zero-order chi connectivity index (χ0) is 38.2. The highest BCUT2D eigenvalue weighted by molar-refractivity contribution is 8.08. The van der Waals surface area contributed by atoms with Crippen LogP contribution in [-0.4, -0.2) is 89.4 Å². The molecule has 4 heterocycles. The van der Waals surface area contributed by atoms with Crippen LogP contribution in [-0.2, 0) is 24.4 Å². The molecule has 290 valence electrons. The van der Waals surface area contributed by atoms with Crippen LogP contribution in [0.4, 0.5) is 5.69 Å². The SMILES string of the molecule is COc1ccc2nc(O[C@@H]3C[C@H]4C(=O)N[C@]5(C(=O)NS(=O)(=O)C6CC6)C[C@H]5/C=C\CCCCC[C@H](Nc5ccccc5)C(=O)N4C3)c(C3=CCCS3)nc2c1. The normalized spacial score (nSPS) is 27.8. The van der Waals surface area contributed by atoms with Crippen molar-refractivity contribution in [3.63, 3.8) is 0 Å². The second kappa shape index (κ2) is 15.5. The number of methoxy groups -OCH3 is 1. The summed E-state index contributed by atoms with van der Waals surface area (Å²) in [4.78, 5) is 55.4. The molecule has 0 bridgehead atoms. The van der Waals surface area contributed by atoms with Gasteiger partial charge in [-0.25, -0.2) is 18.4 Å². The van der Waals surface area contributed by atoms with Crippen molar-refractivity contribution in [3.05, 3.63) is 72.5 Å². The predicted octanol–water partition coefficient (Wildman–Crippen LogP) is 4.95. The van der Waals surface area contributed by atoms with Crippen LogP contribution < -0.4 is 24.8 Å². The molecule has 55 heavy (non-hydrogen) atoms. The number of carbonyl (C=O) groups is 3. The zero-order valence-electron chi connectivity index (χ0n) is 30.7. The molecule has 5 aliphatic rings. The van der Waals surface area contributed by atoms with Crippen molar-refractivity contribution in [1.29, 1.82) is 0 Å². The molecular weight excluding hydrogens is 741 g/mol. The number of rotatable bonds is 9. The van der Waals surface area contributed by atoms with Gasteiger partial charge in [-0.3, -0.25) is 19.1 Å². The lowest BCUT2D eigenvalue weighted by Crippen LogP contribution is -2.57. The highest BCUT2D eigenvalue weighted by Gasteiger charge is 2.62. The van der Waals surface area contributed by atoms with Gasteiger partial charge in [0.1, 0.15) is 35.2 Å². The van der Waals surface area contributed by atoms with Gasteiger partial charge in [-0.15, -0.1) is 11.8 Å². The van der Waals surface area contributed by atoms with Gasteiger partial charge in [0.05, 0.1) is 29.9 Å². The van der Waals surface area contributed by atoms with E-state index in [9.17, 15) is 22.8 Å². The minimum Gasteiger partial charge on any atom is -0.497 e. The summed E-state index contributed by atoms with van der Waals surface area (Å²) in [7, 11) is -2.26. The van der Waals surface area contributed by atoms with Gasteiger partial charge in [0.25, 0.3) is 5.91 Å². The number of aromatic nitrogens is 2. The first-order valence-electron chi connectivity index (χ1n) is 19.2. The Morgan fingerprint density at radius 3 is 2.62 bits per heavy atom. The van der Waals surface area contributed by atoms with Gasteiger partial charge < -0.3 is 25.0 Å². The molecule has 2 saturated carbocycles. The van der Waals surface area contributed by atoms with Crippen LogP contribution >= 0.6 is 11.8 Å². The van der Waals surface area contributed by atoms with Crippen LogP contribution in [0.1, 0.15) is 69.9 Å². The molecule has 3 aromatic rings. The predicted molar refractivity (Wildman–Crippen MR) is 211 cm³/mol. The average molecular weight is 787 g/mol. The summed E-state index contributed by atoms with van der Waals surface area (Å²) < 4.78 is 40.1. The average Bonchev–Trinajstić information content (AvgIpc) is 4.05. The van der Waals surface area contributed by atoms with Gasteiger partial charge in [-0.2, -0.15) is 0 Å². The number of anilines is 1. The molecule has 2 aliphatic carbocycles. The van der Waals surface area contributed by atoms with Crippen molar-refractivity contribution in [2.45, 2.75) is 93.2 Å². The number of benzene rings is 2. The van der Waals surface area contributed by atoms with Crippen LogP contribution in [0, 0.1) is 5.92 Å². The molecule has 1 saturated heterocycles. The fourth-order valence-corrected chi connectivity index (χ4v) is 10.0. The largest absolute Gasteiger partial charge is 0.497 e. The van der Waals surface area contributed by atoms with Gasteiger partial charge in [0, 0.05) is 34.8 Å². The van der Waals surface area contributed by atoms with Crippen molar-refractivity contribution < 1.29 is 32.3 Å². The minimum atomic E-state index is -3.86. The second-order valence-corrected chi connectivity index (χ2v) is 18.1. The van der Waals surface area contributed by atoms with Gasteiger partial charge >= 0.3 is 0 Å². The molecule has 13 nitrogen and oxygen atoms in total. The summed E-state index contributed by atoms with van der Waals surface area (Å²) in [5.74, 6) is -0.0374. The number of fused-ring (bicyclic) bond motifs is 3. The van der Waals surface area contributed by atoms with E-state index in [4.69, 9.17) is 19.4 Å². The lowest BCUT2D eigenvalue weighted by Gasteiger charge is -2.30. The number of hydrogen-bond acceptors (Lipinski definition) is 11. The molecule has 5 atom stereocenters. The molecule has 3 amide bonds. The van der Waals surface area contributed by atoms with E-state index in [0.29, 0.717) is 47.6 Å². The highest BCUT2D eigenvalue weighted by atomic mass is 32.2. The lowest BCUT2D eigenvalue weighted by atomic mass is 10.0. The lowest BCUT2D eigenvalue weighted by molar-refractivity contribution is -0.140. The Morgan fingerprint density at radius 1 is 1.02 bits per heavy atom. The Labute approximate surface area is 325 Å². The molecule has 0 unspecified atom stereocenters. The minimum absolute atomic E-state index is 0.0937. The highest BCUT2D eigenvalue weighted by Crippen LogP contribution is 2.46. The number of para-hydroxylation sites is 1. The van der Waals surface area contributed by atoms with E-state index in [1.165, 1.54) is 0 Å². The van der Waals surface area contributed by atoms with E-state index >= 15 is 0 Å². The third kappa shape index (κ3) is 8.04. The molecule has 2 aromatic carbocycles. The number of thioether (sulfide) groups is 1.